The van der Waals surface area contributed by atoms with E-state index in [4.69, 9.17) is 4.74 Å². The fraction of sp³-hybridized carbons (Fsp3) is 0.308. The number of aliphatic carboxylic acids is 1. The second kappa shape index (κ2) is 4.03. The van der Waals surface area contributed by atoms with E-state index in [9.17, 15) is 9.90 Å². The Bertz CT molecular complexity index is 618. The van der Waals surface area contributed by atoms with Gasteiger partial charge in [0.25, 0.3) is 0 Å². The molecule has 2 heterocycles. The van der Waals surface area contributed by atoms with Gasteiger partial charge >= 0.3 is 5.97 Å². The molecule has 1 aliphatic heterocycles. The number of nitrogens with one attached hydrogen (secondary N) is 2. The maximum absolute atomic E-state index is 11.2. The maximum atomic E-state index is 11.2. The molecule has 1 aromatic heterocycles. The third-order valence-corrected chi connectivity index (χ3v) is 3.41. The summed E-state index contributed by atoms with van der Waals surface area (Å²) < 4.78 is 5.18. The summed E-state index contributed by atoms with van der Waals surface area (Å²) in [5.74, 6) is -0.0876. The van der Waals surface area contributed by atoms with E-state index in [2.05, 4.69) is 10.3 Å². The predicted molar refractivity (Wildman–Crippen MR) is 66.9 cm³/mol. The molecule has 0 radical (unpaired) electrons. The average molecular weight is 246 g/mol. The number of aromatic amines is 1. The molecular weight excluding hydrogens is 232 g/mol. The number of benzene rings is 1. The first-order valence-electron chi connectivity index (χ1n) is 5.85. The Balaban J connectivity index is 2.19. The van der Waals surface area contributed by atoms with Crippen molar-refractivity contribution >= 4 is 16.9 Å². The lowest BCUT2D eigenvalue weighted by Gasteiger charge is -2.20. The van der Waals surface area contributed by atoms with Crippen LogP contribution in [0, 0.1) is 0 Å². The van der Waals surface area contributed by atoms with Gasteiger partial charge in [-0.25, -0.2) is 0 Å². The zero-order valence-electron chi connectivity index (χ0n) is 9.99. The normalized spacial score (nSPS) is 18.6. The Morgan fingerprint density at radius 3 is 3.06 bits per heavy atom. The van der Waals surface area contributed by atoms with E-state index in [1.165, 1.54) is 0 Å². The molecule has 1 aliphatic rings. The highest BCUT2D eigenvalue weighted by atomic mass is 16.5. The standard InChI is InChI=1S/C13H14N2O3/c1-18-7-2-3-8-9-4-5-14-12(13(16)17)11(9)15-10(8)6-7/h2-3,6,12,14-15H,4-5H2,1H3,(H,16,17). The van der Waals surface area contributed by atoms with Crippen LogP contribution in [0.15, 0.2) is 18.2 Å². The first kappa shape index (κ1) is 11.1. The number of hydrogen-bond acceptors (Lipinski definition) is 3. The van der Waals surface area contributed by atoms with Crippen LogP contribution < -0.4 is 10.1 Å². The molecule has 0 saturated heterocycles. The fourth-order valence-electron chi connectivity index (χ4n) is 2.55. The minimum Gasteiger partial charge on any atom is -0.497 e. The van der Waals surface area contributed by atoms with Gasteiger partial charge in [-0.1, -0.05) is 0 Å². The van der Waals surface area contributed by atoms with Crippen molar-refractivity contribution < 1.29 is 14.6 Å². The van der Waals surface area contributed by atoms with Crippen LogP contribution in [-0.2, 0) is 11.2 Å². The quantitative estimate of drug-likeness (QED) is 0.749. The molecule has 1 atom stereocenters. The third kappa shape index (κ3) is 1.55. The molecule has 5 nitrogen and oxygen atoms in total. The van der Waals surface area contributed by atoms with Crippen molar-refractivity contribution in [2.45, 2.75) is 12.5 Å². The summed E-state index contributed by atoms with van der Waals surface area (Å²) in [6, 6.07) is 5.13. The summed E-state index contributed by atoms with van der Waals surface area (Å²) in [7, 11) is 1.62. The molecule has 5 heteroatoms. The van der Waals surface area contributed by atoms with Gasteiger partial charge in [0.05, 0.1) is 7.11 Å². The molecule has 0 bridgehead atoms. The first-order valence-corrected chi connectivity index (χ1v) is 5.85. The van der Waals surface area contributed by atoms with Crippen molar-refractivity contribution in [3.8, 4) is 5.75 Å². The second-order valence-corrected chi connectivity index (χ2v) is 4.40. The van der Waals surface area contributed by atoms with Crippen LogP contribution in [0.2, 0.25) is 0 Å². The van der Waals surface area contributed by atoms with Gasteiger partial charge in [0.2, 0.25) is 0 Å². The molecule has 18 heavy (non-hydrogen) atoms. The van der Waals surface area contributed by atoms with Crippen molar-refractivity contribution in [3.63, 3.8) is 0 Å². The third-order valence-electron chi connectivity index (χ3n) is 3.41. The van der Waals surface area contributed by atoms with Crippen molar-refractivity contribution in [1.29, 1.82) is 0 Å². The highest BCUT2D eigenvalue weighted by Gasteiger charge is 2.28. The summed E-state index contributed by atoms with van der Waals surface area (Å²) in [6.07, 6.45) is 0.839. The lowest BCUT2D eigenvalue weighted by atomic mass is 9.99. The SMILES string of the molecule is COc1ccc2c3c([nH]c2c1)C(C(=O)O)NCC3. The predicted octanol–water partition coefficient (Wildman–Crippen LogP) is 1.45. The van der Waals surface area contributed by atoms with Gasteiger partial charge in [0, 0.05) is 29.2 Å². The molecule has 3 N–H and O–H groups in total. The lowest BCUT2D eigenvalue weighted by molar-refractivity contribution is -0.139. The number of hydrogen-bond donors (Lipinski definition) is 3. The Hall–Kier alpha value is -2.01. The molecular formula is C13H14N2O3. The number of carboxylic acid groups (broad SMARTS) is 1. The van der Waals surface area contributed by atoms with Gasteiger partial charge in [0.15, 0.2) is 0 Å². The molecule has 1 unspecified atom stereocenters. The zero-order chi connectivity index (χ0) is 12.7. The van der Waals surface area contributed by atoms with E-state index in [1.54, 1.807) is 7.11 Å². The minimum atomic E-state index is -0.852. The summed E-state index contributed by atoms with van der Waals surface area (Å²) in [4.78, 5) is 14.4. The monoisotopic (exact) mass is 246 g/mol. The van der Waals surface area contributed by atoms with Crippen LogP contribution in [0.5, 0.6) is 5.75 Å². The number of aromatic nitrogens is 1. The largest absolute Gasteiger partial charge is 0.497 e. The number of rotatable bonds is 2. The molecule has 0 amide bonds. The Kier molecular flexibility index (Phi) is 2.48. The Morgan fingerprint density at radius 2 is 2.33 bits per heavy atom. The van der Waals surface area contributed by atoms with E-state index in [0.29, 0.717) is 6.54 Å². The molecule has 3 rings (SSSR count). The van der Waals surface area contributed by atoms with Crippen LogP contribution in [0.25, 0.3) is 10.9 Å². The highest BCUT2D eigenvalue weighted by Crippen LogP contribution is 2.31. The van der Waals surface area contributed by atoms with Crippen LogP contribution in [0.4, 0.5) is 0 Å². The smallest absolute Gasteiger partial charge is 0.326 e. The van der Waals surface area contributed by atoms with E-state index in [1.807, 2.05) is 18.2 Å². The van der Waals surface area contributed by atoms with Gasteiger partial charge in [-0.2, -0.15) is 0 Å². The summed E-state index contributed by atoms with van der Waals surface area (Å²) >= 11 is 0. The van der Waals surface area contributed by atoms with Crippen LogP contribution in [0.3, 0.4) is 0 Å². The highest BCUT2D eigenvalue weighted by molar-refractivity contribution is 5.89. The number of fused-ring (bicyclic) bond motifs is 3. The van der Waals surface area contributed by atoms with E-state index < -0.39 is 12.0 Å². The number of methoxy groups -OCH3 is 1. The second-order valence-electron chi connectivity index (χ2n) is 4.40. The van der Waals surface area contributed by atoms with Crippen LogP contribution in [0.1, 0.15) is 17.3 Å². The summed E-state index contributed by atoms with van der Waals surface area (Å²) in [5.41, 5.74) is 2.78. The van der Waals surface area contributed by atoms with Gasteiger partial charge < -0.3 is 14.8 Å². The summed E-state index contributed by atoms with van der Waals surface area (Å²) in [5, 5.41) is 13.3. The molecule has 2 aromatic rings. The Labute approximate surface area is 104 Å². The van der Waals surface area contributed by atoms with E-state index >= 15 is 0 Å². The zero-order valence-corrected chi connectivity index (χ0v) is 9.99. The summed E-state index contributed by atoms with van der Waals surface area (Å²) in [6.45, 7) is 0.683. The fourth-order valence-corrected chi connectivity index (χ4v) is 2.55. The van der Waals surface area contributed by atoms with Crippen molar-refractivity contribution in [1.82, 2.24) is 10.3 Å². The first-order chi connectivity index (χ1) is 8.70. The Morgan fingerprint density at radius 1 is 1.50 bits per heavy atom. The molecule has 1 aromatic carbocycles. The number of ether oxygens (including phenoxy) is 1. The molecule has 94 valence electrons. The number of carboxylic acids is 1. The average Bonchev–Trinajstić information content (AvgIpc) is 2.75. The van der Waals surface area contributed by atoms with Crippen molar-refractivity contribution in [3.05, 3.63) is 29.5 Å². The van der Waals surface area contributed by atoms with Crippen LogP contribution >= 0.6 is 0 Å². The maximum Gasteiger partial charge on any atom is 0.326 e. The number of carbonyl (C=O) groups is 1. The van der Waals surface area contributed by atoms with Gasteiger partial charge in [-0.15, -0.1) is 0 Å². The van der Waals surface area contributed by atoms with E-state index in [-0.39, 0.29) is 0 Å². The van der Waals surface area contributed by atoms with Gasteiger partial charge in [-0.05, 0) is 24.1 Å². The van der Waals surface area contributed by atoms with Crippen molar-refractivity contribution in [2.24, 2.45) is 0 Å². The van der Waals surface area contributed by atoms with Gasteiger partial charge in [0.1, 0.15) is 11.8 Å². The van der Waals surface area contributed by atoms with E-state index in [0.717, 1.165) is 34.3 Å². The minimum absolute atomic E-state index is 0.646. The lowest BCUT2D eigenvalue weighted by Crippen LogP contribution is -2.34. The topological polar surface area (TPSA) is 74.4 Å². The molecule has 0 saturated carbocycles. The molecule has 0 fully saturated rings. The van der Waals surface area contributed by atoms with Crippen LogP contribution in [-0.4, -0.2) is 29.7 Å². The molecule has 0 spiro atoms. The van der Waals surface area contributed by atoms with Gasteiger partial charge in [-0.3, -0.25) is 10.1 Å². The number of H-pyrrole nitrogens is 1. The molecule has 0 aliphatic carbocycles. The van der Waals surface area contributed by atoms with Crippen molar-refractivity contribution in [2.75, 3.05) is 13.7 Å².